The molecule has 4 heterocycles. The number of quaternary nitrogens is 1. The maximum atomic E-state index is 13.9. The molecule has 12 nitrogen and oxygen atoms in total. The number of fused-ring (bicyclic) bond motifs is 1. The van der Waals surface area contributed by atoms with Crippen LogP contribution in [0.3, 0.4) is 0 Å². The molecule has 0 bridgehead atoms. The topological polar surface area (TPSA) is 140 Å². The second-order valence-electron chi connectivity index (χ2n) is 13.4. The van der Waals surface area contributed by atoms with Crippen molar-refractivity contribution in [3.05, 3.63) is 63.3 Å². The van der Waals surface area contributed by atoms with Gasteiger partial charge in [-0.25, -0.2) is 9.59 Å². The van der Waals surface area contributed by atoms with E-state index in [0.29, 0.717) is 51.9 Å². The highest BCUT2D eigenvalue weighted by atomic mass is 35.5. The molecule has 3 fully saturated rings. The van der Waals surface area contributed by atoms with Crippen molar-refractivity contribution in [2.24, 2.45) is 0 Å². The fourth-order valence-electron chi connectivity index (χ4n) is 7.46. The van der Waals surface area contributed by atoms with Gasteiger partial charge in [-0.05, 0) is 48.6 Å². The van der Waals surface area contributed by atoms with E-state index in [4.69, 9.17) is 26.8 Å². The van der Waals surface area contributed by atoms with Gasteiger partial charge in [0.15, 0.2) is 6.10 Å². The number of rotatable bonds is 6. The molecule has 4 aliphatic rings. The Balaban J connectivity index is 1.14. The summed E-state index contributed by atoms with van der Waals surface area (Å²) in [5.41, 5.74) is 5.68. The van der Waals surface area contributed by atoms with Crippen molar-refractivity contribution in [2.45, 2.75) is 62.9 Å². The number of likely N-dealkylation sites (tertiary alicyclic amines) is 1. The SMILES string of the molecule is Nc1c(Cl)cc(C[C@@H](OC(=O)N2CCC(N3CCc4ccccc4NC3=O)CC2)C(=O)N2CC[N+]([O-])(C3CCOCC3)CC2)cc1C(F)(F)F. The van der Waals surface area contributed by atoms with Gasteiger partial charge in [-0.15, -0.1) is 0 Å². The Hall–Kier alpha value is -3.79. The first-order chi connectivity index (χ1) is 23.8. The van der Waals surface area contributed by atoms with E-state index in [1.807, 2.05) is 24.3 Å². The summed E-state index contributed by atoms with van der Waals surface area (Å²) in [6, 6.07) is 9.21. The third-order valence-electron chi connectivity index (χ3n) is 10.4. The molecule has 3 N–H and O–H groups in total. The highest BCUT2D eigenvalue weighted by Gasteiger charge is 2.40. The second kappa shape index (κ2) is 14.8. The first-order valence-electron chi connectivity index (χ1n) is 17.0. The average Bonchev–Trinajstić information content (AvgIpc) is 3.27. The van der Waals surface area contributed by atoms with Crippen LogP contribution < -0.4 is 11.1 Å². The number of alkyl halides is 3. The van der Waals surface area contributed by atoms with Gasteiger partial charge in [0.25, 0.3) is 5.91 Å². The zero-order chi connectivity index (χ0) is 35.6. The number of amides is 4. The summed E-state index contributed by atoms with van der Waals surface area (Å²) in [5, 5.41) is 16.3. The maximum Gasteiger partial charge on any atom is 0.418 e. The third-order valence-corrected chi connectivity index (χ3v) is 10.7. The van der Waals surface area contributed by atoms with E-state index >= 15 is 0 Å². The number of benzene rings is 2. The van der Waals surface area contributed by atoms with Crippen LogP contribution in [0.1, 0.15) is 42.4 Å². The average molecular weight is 723 g/mol. The molecule has 0 spiro atoms. The standard InChI is InChI=1S/C34H42ClF3N6O6/c35-27-20-22(19-26(30(27)39)34(36,37)38)21-29(31(45)41-13-15-44(48,16-14-41)25-8-17-49-18-9-25)50-33(47)42-10-6-24(7-11-42)43-12-5-23-3-1-2-4-28(23)40-32(43)46/h1-4,19-20,24-25,29H,5-18,21,39H2,(H,40,46)/t29-/m1/s1. The van der Waals surface area contributed by atoms with E-state index in [9.17, 15) is 32.8 Å². The highest BCUT2D eigenvalue weighted by Crippen LogP contribution is 2.38. The smallest absolute Gasteiger partial charge is 0.418 e. The van der Waals surface area contributed by atoms with E-state index in [0.717, 1.165) is 17.3 Å². The summed E-state index contributed by atoms with van der Waals surface area (Å²) in [7, 11) is 0. The number of nitrogens with two attached hydrogens (primary N) is 1. The van der Waals surface area contributed by atoms with Crippen LogP contribution in [0.2, 0.25) is 5.02 Å². The Morgan fingerprint density at radius 3 is 2.40 bits per heavy atom. The Morgan fingerprint density at radius 2 is 1.72 bits per heavy atom. The van der Waals surface area contributed by atoms with Gasteiger partial charge in [0.2, 0.25) is 0 Å². The zero-order valence-electron chi connectivity index (χ0n) is 27.6. The number of carbonyl (C=O) groups excluding carboxylic acids is 3. The molecule has 0 unspecified atom stereocenters. The molecule has 0 saturated carbocycles. The fraction of sp³-hybridized carbons (Fsp3) is 0.559. The maximum absolute atomic E-state index is 13.9. The number of halogens is 4. The molecule has 3 saturated heterocycles. The van der Waals surface area contributed by atoms with Crippen molar-refractivity contribution < 1.29 is 41.7 Å². The van der Waals surface area contributed by atoms with Crippen molar-refractivity contribution in [1.29, 1.82) is 0 Å². The normalized spacial score (nSPS) is 21.2. The van der Waals surface area contributed by atoms with E-state index in [2.05, 4.69) is 5.32 Å². The molecular weight excluding hydrogens is 681 g/mol. The summed E-state index contributed by atoms with van der Waals surface area (Å²) < 4.78 is 52.1. The predicted octanol–water partition coefficient (Wildman–Crippen LogP) is 4.88. The minimum absolute atomic E-state index is 0.0164. The molecule has 272 valence electrons. The number of piperazine rings is 1. The van der Waals surface area contributed by atoms with Crippen molar-refractivity contribution in [2.75, 3.05) is 70.1 Å². The summed E-state index contributed by atoms with van der Waals surface area (Å²) in [6.45, 7) is 2.54. The lowest BCUT2D eigenvalue weighted by Gasteiger charge is -2.54. The number of nitrogen functional groups attached to an aromatic ring is 1. The first-order valence-corrected chi connectivity index (χ1v) is 17.4. The van der Waals surface area contributed by atoms with E-state index < -0.39 is 40.2 Å². The Labute approximate surface area is 293 Å². The minimum Gasteiger partial charge on any atom is -0.632 e. The molecule has 0 aromatic heterocycles. The first kappa shape index (κ1) is 36.0. The second-order valence-corrected chi connectivity index (χ2v) is 13.8. The van der Waals surface area contributed by atoms with Crippen LogP contribution in [0.25, 0.3) is 0 Å². The fourth-order valence-corrected chi connectivity index (χ4v) is 7.70. The molecule has 0 radical (unpaired) electrons. The van der Waals surface area contributed by atoms with E-state index in [-0.39, 0.29) is 74.4 Å². The number of carbonyl (C=O) groups is 3. The van der Waals surface area contributed by atoms with Crippen molar-refractivity contribution in [3.8, 4) is 0 Å². The molecule has 50 heavy (non-hydrogen) atoms. The van der Waals surface area contributed by atoms with Gasteiger partial charge >= 0.3 is 18.3 Å². The number of piperidine rings is 1. The molecule has 2 aromatic carbocycles. The van der Waals surface area contributed by atoms with Crippen molar-refractivity contribution in [1.82, 2.24) is 14.7 Å². The molecule has 4 amide bonds. The molecular formula is C34H42ClF3N6O6. The number of nitrogens with zero attached hydrogens (tertiary/aromatic N) is 4. The van der Waals surface area contributed by atoms with Crippen LogP contribution in [-0.2, 0) is 33.3 Å². The summed E-state index contributed by atoms with van der Waals surface area (Å²) in [6.07, 6.45) is -4.57. The number of nitrogens with one attached hydrogen (secondary N) is 1. The van der Waals surface area contributed by atoms with Crippen LogP contribution in [0.5, 0.6) is 0 Å². The van der Waals surface area contributed by atoms with Crippen LogP contribution >= 0.6 is 11.6 Å². The number of hydrogen-bond donors (Lipinski definition) is 2. The minimum atomic E-state index is -4.80. The number of urea groups is 1. The monoisotopic (exact) mass is 722 g/mol. The van der Waals surface area contributed by atoms with Crippen LogP contribution in [0.4, 0.5) is 34.1 Å². The number of hydroxylamine groups is 3. The van der Waals surface area contributed by atoms with Crippen LogP contribution in [0.15, 0.2) is 36.4 Å². The van der Waals surface area contributed by atoms with Crippen LogP contribution in [-0.4, -0.2) is 115 Å². The lowest BCUT2D eigenvalue weighted by Crippen LogP contribution is -2.63. The molecule has 16 heteroatoms. The van der Waals surface area contributed by atoms with E-state index in [1.54, 1.807) is 4.90 Å². The zero-order valence-corrected chi connectivity index (χ0v) is 28.4. The molecule has 1 atom stereocenters. The van der Waals surface area contributed by atoms with Gasteiger partial charge in [-0.3, -0.25) is 4.79 Å². The summed E-state index contributed by atoms with van der Waals surface area (Å²) in [5.74, 6) is -0.603. The number of anilines is 2. The largest absolute Gasteiger partial charge is 0.632 e. The highest BCUT2D eigenvalue weighted by molar-refractivity contribution is 6.33. The number of ether oxygens (including phenoxy) is 2. The Morgan fingerprint density at radius 1 is 1.04 bits per heavy atom. The van der Waals surface area contributed by atoms with Crippen molar-refractivity contribution in [3.63, 3.8) is 0 Å². The molecule has 4 aliphatic heterocycles. The lowest BCUT2D eigenvalue weighted by molar-refractivity contribution is -0.910. The van der Waals surface area contributed by atoms with Crippen molar-refractivity contribution >= 4 is 41.0 Å². The van der Waals surface area contributed by atoms with Gasteiger partial charge in [-0.1, -0.05) is 29.8 Å². The molecule has 2 aromatic rings. The van der Waals surface area contributed by atoms with Gasteiger partial charge in [0.1, 0.15) is 0 Å². The summed E-state index contributed by atoms with van der Waals surface area (Å²) >= 11 is 6.08. The number of hydrogen-bond acceptors (Lipinski definition) is 7. The van der Waals surface area contributed by atoms with Gasteiger partial charge in [-0.2, -0.15) is 13.2 Å². The molecule has 0 aliphatic carbocycles. The van der Waals surface area contributed by atoms with Gasteiger partial charge in [0, 0.05) is 50.6 Å². The number of para-hydroxylation sites is 1. The predicted molar refractivity (Wildman–Crippen MR) is 179 cm³/mol. The third kappa shape index (κ3) is 7.90. The quantitative estimate of drug-likeness (QED) is 0.246. The Kier molecular flexibility index (Phi) is 10.7. The van der Waals surface area contributed by atoms with Crippen LogP contribution in [0, 0.1) is 5.21 Å². The van der Waals surface area contributed by atoms with Gasteiger partial charge < -0.3 is 45.1 Å². The molecule has 6 rings (SSSR count). The Bertz CT molecular complexity index is 1570. The summed E-state index contributed by atoms with van der Waals surface area (Å²) in [4.78, 5) is 45.2. The van der Waals surface area contributed by atoms with Gasteiger partial charge in [0.05, 0.1) is 61.7 Å². The van der Waals surface area contributed by atoms with E-state index in [1.165, 1.54) is 15.9 Å². The lowest BCUT2D eigenvalue weighted by atomic mass is 10.0.